The number of nitrogens with one attached hydrogen (secondary N) is 1. The molecule has 19 heavy (non-hydrogen) atoms. The highest BCUT2D eigenvalue weighted by molar-refractivity contribution is 5.76. The van der Waals surface area contributed by atoms with E-state index in [1.165, 1.54) is 0 Å². The summed E-state index contributed by atoms with van der Waals surface area (Å²) in [6, 6.07) is 0.420. The van der Waals surface area contributed by atoms with E-state index < -0.39 is 0 Å². The lowest BCUT2D eigenvalue weighted by Crippen LogP contribution is -2.48. The Morgan fingerprint density at radius 3 is 2.79 bits per heavy atom. The van der Waals surface area contributed by atoms with E-state index in [1.54, 1.807) is 6.08 Å². The van der Waals surface area contributed by atoms with Gasteiger partial charge in [-0.25, -0.2) is 4.79 Å². The summed E-state index contributed by atoms with van der Waals surface area (Å²) in [7, 11) is 2.14. The van der Waals surface area contributed by atoms with Crippen LogP contribution in [-0.4, -0.2) is 48.6 Å². The Kier molecular flexibility index (Phi) is 4.80. The lowest BCUT2D eigenvalue weighted by atomic mass is 10.0. The summed E-state index contributed by atoms with van der Waals surface area (Å²) in [4.78, 5) is 16.4. The monoisotopic (exact) mass is 261 g/mol. The number of hydrogen-bond acceptors (Lipinski definition) is 2. The van der Waals surface area contributed by atoms with Crippen molar-refractivity contribution in [1.29, 1.82) is 0 Å². The Bertz CT molecular complexity index is 392. The van der Waals surface area contributed by atoms with Gasteiger partial charge < -0.3 is 15.1 Å². The van der Waals surface area contributed by atoms with Crippen LogP contribution in [0.15, 0.2) is 36.6 Å². The first-order valence-corrected chi connectivity index (χ1v) is 6.94. The molecule has 2 amide bonds. The Morgan fingerprint density at radius 2 is 2.11 bits per heavy atom. The largest absolute Gasteiger partial charge is 0.321 e. The van der Waals surface area contributed by atoms with Crippen LogP contribution in [0.25, 0.3) is 0 Å². The van der Waals surface area contributed by atoms with Crippen LogP contribution in [0.5, 0.6) is 0 Å². The molecule has 1 saturated heterocycles. The number of nitrogens with zero attached hydrogens (tertiary/aromatic N) is 2. The molecule has 0 bridgehead atoms. The molecule has 4 heteroatoms. The van der Waals surface area contributed by atoms with Crippen molar-refractivity contribution in [3.8, 4) is 0 Å². The number of piperidine rings is 1. The van der Waals surface area contributed by atoms with Gasteiger partial charge in [0.25, 0.3) is 0 Å². The molecule has 2 rings (SSSR count). The van der Waals surface area contributed by atoms with Crippen LogP contribution in [-0.2, 0) is 0 Å². The summed E-state index contributed by atoms with van der Waals surface area (Å²) in [5.41, 5.74) is 1.14. The Labute approximate surface area is 115 Å². The number of allylic oxidation sites excluding steroid dienone is 3. The van der Waals surface area contributed by atoms with Crippen LogP contribution in [0, 0.1) is 0 Å². The van der Waals surface area contributed by atoms with Crippen LogP contribution in [0.2, 0.25) is 0 Å². The van der Waals surface area contributed by atoms with E-state index in [2.05, 4.69) is 23.8 Å². The third kappa shape index (κ3) is 3.70. The predicted octanol–water partition coefficient (Wildman–Crippen LogP) is 2.12. The molecule has 2 heterocycles. The zero-order valence-electron chi connectivity index (χ0n) is 11.6. The average molecular weight is 261 g/mol. The molecule has 0 spiro atoms. The smallest absolute Gasteiger partial charge is 0.321 e. The fraction of sp³-hybridized carbons (Fsp3) is 0.533. The lowest BCUT2D eigenvalue weighted by Gasteiger charge is -2.36. The van der Waals surface area contributed by atoms with Crippen LogP contribution in [0.4, 0.5) is 4.79 Å². The van der Waals surface area contributed by atoms with Gasteiger partial charge in [-0.15, -0.1) is 0 Å². The van der Waals surface area contributed by atoms with Gasteiger partial charge in [-0.2, -0.15) is 0 Å². The minimum Gasteiger partial charge on any atom is -0.321 e. The minimum atomic E-state index is 0.0385. The molecule has 0 aromatic rings. The molecule has 1 fully saturated rings. The quantitative estimate of drug-likeness (QED) is 0.790. The van der Waals surface area contributed by atoms with E-state index in [-0.39, 0.29) is 6.03 Å². The Balaban J connectivity index is 1.96. The maximum absolute atomic E-state index is 12.1. The molecular weight excluding hydrogens is 238 g/mol. The van der Waals surface area contributed by atoms with E-state index in [4.69, 9.17) is 0 Å². The first-order chi connectivity index (χ1) is 9.20. The van der Waals surface area contributed by atoms with Crippen molar-refractivity contribution in [2.45, 2.75) is 25.3 Å². The van der Waals surface area contributed by atoms with Gasteiger partial charge in [0.2, 0.25) is 0 Å². The van der Waals surface area contributed by atoms with Crippen LogP contribution in [0.3, 0.4) is 0 Å². The van der Waals surface area contributed by atoms with Crippen LogP contribution in [0.1, 0.15) is 19.3 Å². The number of likely N-dealkylation sites (tertiary alicyclic amines) is 1. The van der Waals surface area contributed by atoms with Gasteiger partial charge in [0, 0.05) is 18.8 Å². The van der Waals surface area contributed by atoms with Crippen molar-refractivity contribution in [2.75, 3.05) is 26.7 Å². The molecule has 0 saturated carbocycles. The van der Waals surface area contributed by atoms with Crippen molar-refractivity contribution in [3.63, 3.8) is 0 Å². The third-order valence-corrected chi connectivity index (χ3v) is 3.86. The number of urea groups is 1. The fourth-order valence-corrected chi connectivity index (χ4v) is 2.64. The molecule has 0 atom stereocenters. The van der Waals surface area contributed by atoms with Crippen LogP contribution >= 0.6 is 0 Å². The van der Waals surface area contributed by atoms with Crippen LogP contribution < -0.4 is 5.32 Å². The number of carbonyl (C=O) groups excluding carboxylic acids is 1. The third-order valence-electron chi connectivity index (χ3n) is 3.86. The molecule has 104 valence electrons. The van der Waals surface area contributed by atoms with Gasteiger partial charge in [0.15, 0.2) is 0 Å². The van der Waals surface area contributed by atoms with Crippen molar-refractivity contribution in [3.05, 3.63) is 36.6 Å². The highest BCUT2D eigenvalue weighted by Gasteiger charge is 2.27. The second kappa shape index (κ2) is 6.57. The van der Waals surface area contributed by atoms with E-state index in [0.29, 0.717) is 6.04 Å². The van der Waals surface area contributed by atoms with Crippen molar-refractivity contribution in [1.82, 2.24) is 15.1 Å². The Hall–Kier alpha value is -1.55. The summed E-state index contributed by atoms with van der Waals surface area (Å²) in [5.74, 6) is 0. The van der Waals surface area contributed by atoms with E-state index in [9.17, 15) is 4.79 Å². The van der Waals surface area contributed by atoms with Crippen molar-refractivity contribution < 1.29 is 4.79 Å². The number of rotatable bonds is 3. The molecule has 2 aliphatic heterocycles. The maximum atomic E-state index is 12.1. The zero-order chi connectivity index (χ0) is 13.7. The second-order valence-corrected chi connectivity index (χ2v) is 5.24. The number of carbonyl (C=O) groups is 1. The summed E-state index contributed by atoms with van der Waals surface area (Å²) in [5, 5.41) is 2.89. The summed E-state index contributed by atoms with van der Waals surface area (Å²) in [6.45, 7) is 6.61. The molecule has 0 aliphatic carbocycles. The highest BCUT2D eigenvalue weighted by atomic mass is 16.2. The normalized spacial score (nSPS) is 23.1. The topological polar surface area (TPSA) is 35.6 Å². The van der Waals surface area contributed by atoms with E-state index >= 15 is 0 Å². The van der Waals surface area contributed by atoms with E-state index in [1.807, 2.05) is 23.3 Å². The molecule has 0 radical (unpaired) electrons. The van der Waals surface area contributed by atoms with Crippen molar-refractivity contribution >= 4 is 6.03 Å². The minimum absolute atomic E-state index is 0.0385. The van der Waals surface area contributed by atoms with Gasteiger partial charge in [-0.1, -0.05) is 24.8 Å². The molecule has 0 aromatic heterocycles. The van der Waals surface area contributed by atoms with Gasteiger partial charge in [-0.3, -0.25) is 0 Å². The summed E-state index contributed by atoms with van der Waals surface area (Å²) >= 11 is 0. The second-order valence-electron chi connectivity index (χ2n) is 5.24. The molecule has 0 aromatic carbocycles. The highest BCUT2D eigenvalue weighted by Crippen LogP contribution is 2.19. The van der Waals surface area contributed by atoms with Gasteiger partial charge in [0.05, 0.1) is 0 Å². The Morgan fingerprint density at radius 1 is 1.37 bits per heavy atom. The molecule has 0 unspecified atom stereocenters. The zero-order valence-corrected chi connectivity index (χ0v) is 11.6. The molecule has 4 nitrogen and oxygen atoms in total. The van der Waals surface area contributed by atoms with Gasteiger partial charge in [-0.05, 0) is 45.0 Å². The van der Waals surface area contributed by atoms with E-state index in [0.717, 1.165) is 44.5 Å². The van der Waals surface area contributed by atoms with Gasteiger partial charge in [0.1, 0.15) is 0 Å². The summed E-state index contributed by atoms with van der Waals surface area (Å²) in [6.07, 6.45) is 10.5. The molecule has 2 aliphatic rings. The average Bonchev–Trinajstić information content (AvgIpc) is 2.60. The maximum Gasteiger partial charge on any atom is 0.321 e. The summed E-state index contributed by atoms with van der Waals surface area (Å²) < 4.78 is 0. The standard InChI is InChI=1S/C15H23N3O/c1-3-4-5-13-6-11-18(15(19)16-12-13)14-7-9-17(2)10-8-14/h3-5,12,14H,1,6-11H2,2H3,(H,16,19)/b5-4-. The number of amides is 2. The van der Waals surface area contributed by atoms with Gasteiger partial charge >= 0.3 is 6.03 Å². The number of hydrogen-bond donors (Lipinski definition) is 1. The molecule has 1 N–H and O–H groups in total. The first kappa shape index (κ1) is 13.9. The lowest BCUT2D eigenvalue weighted by molar-refractivity contribution is 0.136. The molecular formula is C15H23N3O. The predicted molar refractivity (Wildman–Crippen MR) is 77.8 cm³/mol. The van der Waals surface area contributed by atoms with Crippen molar-refractivity contribution in [2.24, 2.45) is 0 Å². The SMILES string of the molecule is C=C/C=C\C1=CNC(=O)N(C2CCN(C)CC2)CC1. The fourth-order valence-electron chi connectivity index (χ4n) is 2.64. The first-order valence-electron chi connectivity index (χ1n) is 6.94.